The Hall–Kier alpha value is -2.24. The lowest BCUT2D eigenvalue weighted by Crippen LogP contribution is -2.23. The van der Waals surface area contributed by atoms with Crippen molar-refractivity contribution in [3.63, 3.8) is 0 Å². The minimum Gasteiger partial charge on any atom is -0.365 e. The Morgan fingerprint density at radius 1 is 1.10 bits per heavy atom. The molecule has 110 valence electrons. The first kappa shape index (κ1) is 13.7. The van der Waals surface area contributed by atoms with Crippen LogP contribution < -0.4 is 10.6 Å². The van der Waals surface area contributed by atoms with Crippen LogP contribution in [0.15, 0.2) is 30.7 Å². The molecule has 2 N–H and O–H groups in total. The molecule has 6 nitrogen and oxygen atoms in total. The summed E-state index contributed by atoms with van der Waals surface area (Å²) in [6.45, 7) is 0.698. The second-order valence-electron chi connectivity index (χ2n) is 5.35. The summed E-state index contributed by atoms with van der Waals surface area (Å²) in [7, 11) is 0. The first-order valence-electron chi connectivity index (χ1n) is 7.49. The molecule has 2 aromatic rings. The molecule has 0 aliphatic heterocycles. The Bertz CT molecular complexity index is 553. The van der Waals surface area contributed by atoms with Crippen molar-refractivity contribution in [3.8, 4) is 0 Å². The Balaban J connectivity index is 1.57. The van der Waals surface area contributed by atoms with Gasteiger partial charge in [0.2, 0.25) is 5.95 Å². The lowest BCUT2D eigenvalue weighted by Gasteiger charge is -2.22. The van der Waals surface area contributed by atoms with Crippen molar-refractivity contribution in [1.82, 2.24) is 20.2 Å². The van der Waals surface area contributed by atoms with E-state index >= 15 is 0 Å². The number of anilines is 2. The summed E-state index contributed by atoms with van der Waals surface area (Å²) in [4.78, 5) is 8.47. The molecule has 0 saturated heterocycles. The zero-order valence-corrected chi connectivity index (χ0v) is 12.0. The van der Waals surface area contributed by atoms with Gasteiger partial charge in [-0.05, 0) is 30.5 Å². The van der Waals surface area contributed by atoms with Crippen LogP contribution in [0.4, 0.5) is 11.8 Å². The van der Waals surface area contributed by atoms with Gasteiger partial charge in [-0.2, -0.15) is 10.1 Å². The Morgan fingerprint density at radius 2 is 1.90 bits per heavy atom. The minimum absolute atomic E-state index is 0.482. The summed E-state index contributed by atoms with van der Waals surface area (Å²) in [6, 6.07) is 4.43. The zero-order valence-electron chi connectivity index (χ0n) is 12.0. The summed E-state index contributed by atoms with van der Waals surface area (Å²) in [5.74, 6) is 1.35. The second kappa shape index (κ2) is 6.97. The lowest BCUT2D eigenvalue weighted by atomic mass is 9.96. The van der Waals surface area contributed by atoms with E-state index in [0.29, 0.717) is 18.5 Å². The van der Waals surface area contributed by atoms with Gasteiger partial charge in [-0.1, -0.05) is 19.3 Å². The highest BCUT2D eigenvalue weighted by atomic mass is 15.3. The van der Waals surface area contributed by atoms with Crippen molar-refractivity contribution in [2.75, 3.05) is 10.6 Å². The van der Waals surface area contributed by atoms with Crippen molar-refractivity contribution < 1.29 is 0 Å². The number of hydrogen-bond acceptors (Lipinski definition) is 6. The molecule has 0 bridgehead atoms. The fourth-order valence-corrected chi connectivity index (χ4v) is 2.57. The monoisotopic (exact) mass is 284 g/mol. The molecular formula is C15H20N6. The van der Waals surface area contributed by atoms with Crippen molar-refractivity contribution in [2.45, 2.75) is 44.7 Å². The molecule has 0 amide bonds. The van der Waals surface area contributed by atoms with Gasteiger partial charge in [-0.3, -0.25) is 4.98 Å². The third kappa shape index (κ3) is 4.11. The summed E-state index contributed by atoms with van der Waals surface area (Å²) in [5.41, 5.74) is 1.16. The SMILES string of the molecule is c1cc(CNc2cnnc(NC3CCCCC3)n2)ccn1. The van der Waals surface area contributed by atoms with E-state index in [1.807, 2.05) is 12.1 Å². The number of nitrogens with zero attached hydrogens (tertiary/aromatic N) is 4. The van der Waals surface area contributed by atoms with Crippen LogP contribution in [-0.2, 0) is 6.54 Å². The fraction of sp³-hybridized carbons (Fsp3) is 0.467. The summed E-state index contributed by atoms with van der Waals surface area (Å²) >= 11 is 0. The minimum atomic E-state index is 0.482. The number of rotatable bonds is 5. The van der Waals surface area contributed by atoms with E-state index in [0.717, 1.165) is 11.4 Å². The summed E-state index contributed by atoms with van der Waals surface area (Å²) in [5, 5.41) is 14.7. The average Bonchev–Trinajstić information content (AvgIpc) is 2.55. The third-order valence-electron chi connectivity index (χ3n) is 3.72. The standard InChI is InChI=1S/C15H20N6/c1-2-4-13(5-3-1)19-15-20-14(11-18-21-15)17-10-12-6-8-16-9-7-12/h6-9,11,13H,1-5,10H2,(H2,17,19,20,21). The molecule has 6 heteroatoms. The molecule has 21 heavy (non-hydrogen) atoms. The molecule has 1 aliphatic carbocycles. The van der Waals surface area contributed by atoms with Crippen molar-refractivity contribution >= 4 is 11.8 Å². The number of nitrogens with one attached hydrogen (secondary N) is 2. The van der Waals surface area contributed by atoms with Crippen LogP contribution in [0.25, 0.3) is 0 Å². The van der Waals surface area contributed by atoms with Crippen molar-refractivity contribution in [3.05, 3.63) is 36.3 Å². The van der Waals surface area contributed by atoms with Crippen LogP contribution in [-0.4, -0.2) is 26.2 Å². The first-order chi connectivity index (χ1) is 10.4. The van der Waals surface area contributed by atoms with E-state index in [4.69, 9.17) is 0 Å². The summed E-state index contributed by atoms with van der Waals surface area (Å²) < 4.78 is 0. The lowest BCUT2D eigenvalue weighted by molar-refractivity contribution is 0.460. The molecule has 1 saturated carbocycles. The molecule has 1 aliphatic rings. The molecule has 2 aromatic heterocycles. The zero-order chi connectivity index (χ0) is 14.3. The molecular weight excluding hydrogens is 264 g/mol. The smallest absolute Gasteiger partial charge is 0.244 e. The normalized spacial score (nSPS) is 15.6. The molecule has 2 heterocycles. The predicted molar refractivity (Wildman–Crippen MR) is 81.9 cm³/mol. The van der Waals surface area contributed by atoms with E-state index in [1.54, 1.807) is 18.6 Å². The molecule has 0 spiro atoms. The van der Waals surface area contributed by atoms with E-state index < -0.39 is 0 Å². The van der Waals surface area contributed by atoms with Gasteiger partial charge < -0.3 is 10.6 Å². The third-order valence-corrected chi connectivity index (χ3v) is 3.72. The highest BCUT2D eigenvalue weighted by Crippen LogP contribution is 2.20. The highest BCUT2D eigenvalue weighted by Gasteiger charge is 2.14. The van der Waals surface area contributed by atoms with Gasteiger partial charge in [0.05, 0.1) is 6.20 Å². The van der Waals surface area contributed by atoms with E-state index in [9.17, 15) is 0 Å². The Labute approximate surface area is 124 Å². The number of aromatic nitrogens is 4. The molecule has 0 unspecified atom stereocenters. The molecule has 0 atom stereocenters. The van der Waals surface area contributed by atoms with Gasteiger partial charge in [0.1, 0.15) is 0 Å². The van der Waals surface area contributed by atoms with Crippen LogP contribution in [0, 0.1) is 0 Å². The molecule has 1 fully saturated rings. The van der Waals surface area contributed by atoms with Crippen molar-refractivity contribution in [1.29, 1.82) is 0 Å². The Morgan fingerprint density at radius 3 is 2.71 bits per heavy atom. The van der Waals surface area contributed by atoms with Gasteiger partial charge in [0, 0.05) is 25.0 Å². The Kier molecular flexibility index (Phi) is 4.55. The molecule has 0 radical (unpaired) electrons. The quantitative estimate of drug-likeness (QED) is 0.879. The topological polar surface area (TPSA) is 75.6 Å². The van der Waals surface area contributed by atoms with Crippen LogP contribution in [0.1, 0.15) is 37.7 Å². The van der Waals surface area contributed by atoms with Gasteiger partial charge >= 0.3 is 0 Å². The van der Waals surface area contributed by atoms with Crippen LogP contribution >= 0.6 is 0 Å². The van der Waals surface area contributed by atoms with Gasteiger partial charge in [-0.15, -0.1) is 5.10 Å². The molecule has 3 rings (SSSR count). The second-order valence-corrected chi connectivity index (χ2v) is 5.35. The highest BCUT2D eigenvalue weighted by molar-refractivity contribution is 5.38. The van der Waals surface area contributed by atoms with Gasteiger partial charge in [0.15, 0.2) is 5.82 Å². The number of pyridine rings is 1. The largest absolute Gasteiger partial charge is 0.365 e. The van der Waals surface area contributed by atoms with Gasteiger partial charge in [0.25, 0.3) is 0 Å². The predicted octanol–water partition coefficient (Wildman–Crippen LogP) is 2.62. The van der Waals surface area contributed by atoms with E-state index in [2.05, 4.69) is 30.8 Å². The fourth-order valence-electron chi connectivity index (χ4n) is 2.57. The maximum absolute atomic E-state index is 4.47. The molecule has 0 aromatic carbocycles. The van der Waals surface area contributed by atoms with E-state index in [1.165, 1.54) is 32.1 Å². The van der Waals surface area contributed by atoms with E-state index in [-0.39, 0.29) is 0 Å². The first-order valence-corrected chi connectivity index (χ1v) is 7.49. The van der Waals surface area contributed by atoms with Gasteiger partial charge in [-0.25, -0.2) is 0 Å². The average molecular weight is 284 g/mol. The van der Waals surface area contributed by atoms with Crippen LogP contribution in [0.3, 0.4) is 0 Å². The van der Waals surface area contributed by atoms with Crippen LogP contribution in [0.5, 0.6) is 0 Å². The maximum atomic E-state index is 4.47. The maximum Gasteiger partial charge on any atom is 0.244 e. The summed E-state index contributed by atoms with van der Waals surface area (Å²) in [6.07, 6.45) is 11.5. The van der Waals surface area contributed by atoms with Crippen molar-refractivity contribution in [2.24, 2.45) is 0 Å². The number of hydrogen-bond donors (Lipinski definition) is 2. The van der Waals surface area contributed by atoms with Crippen LogP contribution in [0.2, 0.25) is 0 Å².